The lowest BCUT2D eigenvalue weighted by molar-refractivity contribution is 0.752. The summed E-state index contributed by atoms with van der Waals surface area (Å²) in [5.74, 6) is 0.843. The highest BCUT2D eigenvalue weighted by Crippen LogP contribution is 2.29. The molecule has 0 radical (unpaired) electrons. The number of nitrogens with two attached hydrogens (primary N) is 1. The van der Waals surface area contributed by atoms with Crippen molar-refractivity contribution in [2.24, 2.45) is 5.73 Å². The van der Waals surface area contributed by atoms with Gasteiger partial charge in [0.2, 0.25) is 0 Å². The zero-order valence-electron chi connectivity index (χ0n) is 7.43. The van der Waals surface area contributed by atoms with Crippen LogP contribution in [0.15, 0.2) is 12.5 Å². The predicted octanol–water partition coefficient (Wildman–Crippen LogP) is -0.201. The summed E-state index contributed by atoms with van der Waals surface area (Å²) in [6.45, 7) is 1.48. The molecule has 1 aliphatic carbocycles. The maximum absolute atomic E-state index is 5.52. The first-order valence-electron chi connectivity index (χ1n) is 4.51. The molecule has 70 valence electrons. The summed E-state index contributed by atoms with van der Waals surface area (Å²) in [7, 11) is 0. The normalized spacial score (nSPS) is 15.8. The Kier molecular flexibility index (Phi) is 2.35. The van der Waals surface area contributed by atoms with Crippen molar-refractivity contribution in [3.05, 3.63) is 12.5 Å². The molecular formula is C8H13N5. The molecule has 0 saturated heterocycles. The topological polar surface area (TPSA) is 67.9 Å². The van der Waals surface area contributed by atoms with E-state index in [2.05, 4.69) is 20.1 Å². The molecule has 2 rings (SSSR count). The van der Waals surface area contributed by atoms with Crippen molar-refractivity contribution >= 4 is 5.82 Å². The molecule has 1 saturated carbocycles. The van der Waals surface area contributed by atoms with Crippen molar-refractivity contribution in [1.82, 2.24) is 15.2 Å². The van der Waals surface area contributed by atoms with Crippen LogP contribution in [0.25, 0.3) is 0 Å². The molecule has 5 nitrogen and oxygen atoms in total. The molecule has 0 atom stereocenters. The second kappa shape index (κ2) is 3.66. The molecule has 1 aromatic heterocycles. The van der Waals surface area contributed by atoms with E-state index in [1.807, 2.05) is 0 Å². The van der Waals surface area contributed by atoms with Gasteiger partial charge in [-0.1, -0.05) is 0 Å². The fourth-order valence-corrected chi connectivity index (χ4v) is 1.38. The van der Waals surface area contributed by atoms with Gasteiger partial charge in [0, 0.05) is 19.1 Å². The Bertz CT molecular complexity index is 258. The third-order valence-corrected chi connectivity index (χ3v) is 2.12. The molecule has 1 fully saturated rings. The second-order valence-electron chi connectivity index (χ2n) is 3.18. The van der Waals surface area contributed by atoms with Gasteiger partial charge in [-0.15, -0.1) is 10.2 Å². The van der Waals surface area contributed by atoms with Gasteiger partial charge >= 0.3 is 0 Å². The van der Waals surface area contributed by atoms with E-state index < -0.39 is 0 Å². The van der Waals surface area contributed by atoms with Crippen molar-refractivity contribution in [3.8, 4) is 0 Å². The molecule has 0 unspecified atom stereocenters. The molecule has 0 spiro atoms. The summed E-state index contributed by atoms with van der Waals surface area (Å²) in [4.78, 5) is 6.12. The van der Waals surface area contributed by atoms with Crippen LogP contribution in [0, 0.1) is 0 Å². The maximum atomic E-state index is 5.52. The minimum absolute atomic E-state index is 0.613. The smallest absolute Gasteiger partial charge is 0.170 e. The highest BCUT2D eigenvalue weighted by Gasteiger charge is 2.29. The van der Waals surface area contributed by atoms with Crippen molar-refractivity contribution in [2.45, 2.75) is 18.9 Å². The monoisotopic (exact) mass is 179 g/mol. The lowest BCUT2D eigenvalue weighted by Gasteiger charge is -2.20. The Balaban J connectivity index is 2.10. The summed E-state index contributed by atoms with van der Waals surface area (Å²) in [5.41, 5.74) is 5.52. The number of hydrogen-bond donors (Lipinski definition) is 1. The summed E-state index contributed by atoms with van der Waals surface area (Å²) < 4.78 is 0. The minimum Gasteiger partial charge on any atom is -0.350 e. The lowest BCUT2D eigenvalue weighted by atomic mass is 10.4. The molecule has 0 aliphatic heterocycles. The van der Waals surface area contributed by atoms with Crippen LogP contribution in [0.3, 0.4) is 0 Å². The lowest BCUT2D eigenvalue weighted by Crippen LogP contribution is -2.32. The maximum Gasteiger partial charge on any atom is 0.170 e. The Labute approximate surface area is 77.0 Å². The average molecular weight is 179 g/mol. The number of hydrogen-bond acceptors (Lipinski definition) is 5. The molecule has 13 heavy (non-hydrogen) atoms. The van der Waals surface area contributed by atoms with Gasteiger partial charge in [-0.05, 0) is 12.8 Å². The van der Waals surface area contributed by atoms with Crippen LogP contribution in [0.5, 0.6) is 0 Å². The Morgan fingerprint density at radius 1 is 1.54 bits per heavy atom. The van der Waals surface area contributed by atoms with Gasteiger partial charge in [0.15, 0.2) is 5.82 Å². The van der Waals surface area contributed by atoms with Gasteiger partial charge in [-0.25, -0.2) is 4.98 Å². The summed E-state index contributed by atoms with van der Waals surface area (Å²) in [6.07, 6.45) is 5.64. The van der Waals surface area contributed by atoms with E-state index in [1.165, 1.54) is 19.2 Å². The minimum atomic E-state index is 0.613. The van der Waals surface area contributed by atoms with Crippen LogP contribution in [0.2, 0.25) is 0 Å². The first-order valence-corrected chi connectivity index (χ1v) is 4.51. The van der Waals surface area contributed by atoms with E-state index in [9.17, 15) is 0 Å². The Morgan fingerprint density at radius 3 is 2.92 bits per heavy atom. The number of anilines is 1. The third kappa shape index (κ3) is 1.92. The Hall–Kier alpha value is -1.23. The van der Waals surface area contributed by atoms with Gasteiger partial charge in [0.25, 0.3) is 0 Å². The molecule has 0 bridgehead atoms. The predicted molar refractivity (Wildman–Crippen MR) is 49.2 cm³/mol. The molecule has 1 aromatic rings. The van der Waals surface area contributed by atoms with E-state index in [4.69, 9.17) is 5.73 Å². The third-order valence-electron chi connectivity index (χ3n) is 2.12. The fourth-order valence-electron chi connectivity index (χ4n) is 1.38. The van der Waals surface area contributed by atoms with Gasteiger partial charge in [0.05, 0.1) is 6.20 Å². The molecular weight excluding hydrogens is 166 g/mol. The second-order valence-corrected chi connectivity index (χ2v) is 3.18. The molecule has 1 heterocycles. The first kappa shape index (κ1) is 8.37. The SMILES string of the molecule is NCCN(c1cncnn1)C1CC1. The van der Waals surface area contributed by atoms with Crippen LogP contribution < -0.4 is 10.6 Å². The molecule has 5 heteroatoms. The quantitative estimate of drug-likeness (QED) is 0.693. The standard InChI is InChI=1S/C8H13N5/c9-3-4-13(7-1-2-7)8-5-10-6-11-12-8/h5-7H,1-4,9H2. The van der Waals surface area contributed by atoms with E-state index >= 15 is 0 Å². The van der Waals surface area contributed by atoms with E-state index in [0.717, 1.165) is 12.4 Å². The molecule has 2 N–H and O–H groups in total. The van der Waals surface area contributed by atoms with Gasteiger partial charge in [-0.3, -0.25) is 0 Å². The van der Waals surface area contributed by atoms with Crippen LogP contribution >= 0.6 is 0 Å². The van der Waals surface area contributed by atoms with E-state index in [-0.39, 0.29) is 0 Å². The number of rotatable bonds is 4. The number of nitrogens with zero attached hydrogens (tertiary/aromatic N) is 4. The van der Waals surface area contributed by atoms with Crippen LogP contribution in [-0.2, 0) is 0 Å². The zero-order valence-corrected chi connectivity index (χ0v) is 7.43. The molecule has 1 aliphatic rings. The highest BCUT2D eigenvalue weighted by atomic mass is 15.3. The van der Waals surface area contributed by atoms with Crippen molar-refractivity contribution in [3.63, 3.8) is 0 Å². The average Bonchev–Trinajstić information content (AvgIpc) is 2.99. The summed E-state index contributed by atoms with van der Waals surface area (Å²) >= 11 is 0. The van der Waals surface area contributed by atoms with Gasteiger partial charge in [-0.2, -0.15) is 0 Å². The highest BCUT2D eigenvalue weighted by molar-refractivity contribution is 5.37. The van der Waals surface area contributed by atoms with Crippen LogP contribution in [0.4, 0.5) is 5.82 Å². The van der Waals surface area contributed by atoms with E-state index in [1.54, 1.807) is 6.20 Å². The Morgan fingerprint density at radius 2 is 2.38 bits per heavy atom. The van der Waals surface area contributed by atoms with Crippen LogP contribution in [-0.4, -0.2) is 34.3 Å². The summed E-state index contributed by atoms with van der Waals surface area (Å²) in [6, 6.07) is 0.613. The zero-order chi connectivity index (χ0) is 9.10. The van der Waals surface area contributed by atoms with Crippen LogP contribution in [0.1, 0.15) is 12.8 Å². The van der Waals surface area contributed by atoms with E-state index in [0.29, 0.717) is 12.6 Å². The van der Waals surface area contributed by atoms with Crippen molar-refractivity contribution in [1.29, 1.82) is 0 Å². The van der Waals surface area contributed by atoms with Crippen molar-refractivity contribution < 1.29 is 0 Å². The van der Waals surface area contributed by atoms with Gasteiger partial charge < -0.3 is 10.6 Å². The molecule has 0 aromatic carbocycles. The number of aromatic nitrogens is 3. The molecule has 0 amide bonds. The largest absolute Gasteiger partial charge is 0.350 e. The van der Waals surface area contributed by atoms with Gasteiger partial charge in [0.1, 0.15) is 6.33 Å². The fraction of sp³-hybridized carbons (Fsp3) is 0.625. The van der Waals surface area contributed by atoms with Crippen molar-refractivity contribution in [2.75, 3.05) is 18.0 Å². The summed E-state index contributed by atoms with van der Waals surface area (Å²) in [5, 5.41) is 7.77. The first-order chi connectivity index (χ1) is 6.42.